The fourth-order valence-electron chi connectivity index (χ4n) is 0.562. The van der Waals surface area contributed by atoms with E-state index in [9.17, 15) is 4.79 Å². The molecule has 0 amide bonds. The smallest absolute Gasteiger partial charge is 0.434 e. The van der Waals surface area contributed by atoms with E-state index >= 15 is 0 Å². The zero-order chi connectivity index (χ0) is 10.3. The molecule has 3 nitrogen and oxygen atoms in total. The van der Waals surface area contributed by atoms with E-state index in [0.29, 0.717) is 6.61 Å². The quantitative estimate of drug-likeness (QED) is 0.396. The Kier molecular flexibility index (Phi) is 6.77. The van der Waals surface area contributed by atoms with Gasteiger partial charge in [0.05, 0.1) is 6.61 Å². The average molecular weight is 209 g/mol. The first-order chi connectivity index (χ1) is 6.07. The molecule has 0 aliphatic rings. The van der Waals surface area contributed by atoms with Crippen molar-refractivity contribution < 1.29 is 14.3 Å². The second kappa shape index (κ2) is 7.01. The van der Waals surface area contributed by atoms with Crippen molar-refractivity contribution in [3.8, 4) is 0 Å². The predicted molar refractivity (Wildman–Crippen MR) is 51.8 cm³/mol. The Morgan fingerprint density at radius 1 is 1.46 bits per heavy atom. The zero-order valence-corrected chi connectivity index (χ0v) is 9.13. The highest BCUT2D eigenvalue weighted by Gasteiger charge is 2.15. The number of ether oxygens (including phenoxy) is 2. The summed E-state index contributed by atoms with van der Waals surface area (Å²) in [6.07, 6.45) is 1.16. The van der Waals surface area contributed by atoms with Crippen LogP contribution in [0.2, 0.25) is 0 Å². The summed E-state index contributed by atoms with van der Waals surface area (Å²) in [7, 11) is 0. The third-order valence-corrected chi connectivity index (χ3v) is 2.04. The fraction of sp³-hybridized carbons (Fsp3) is 0.889. The van der Waals surface area contributed by atoms with E-state index in [1.807, 2.05) is 20.8 Å². The third kappa shape index (κ3) is 6.70. The minimum Gasteiger partial charge on any atom is -0.434 e. The lowest BCUT2D eigenvalue weighted by Crippen LogP contribution is -2.19. The predicted octanol–water partition coefficient (Wildman–Crippen LogP) is 3.16. The van der Waals surface area contributed by atoms with Crippen molar-refractivity contribution in [3.63, 3.8) is 0 Å². The topological polar surface area (TPSA) is 35.5 Å². The molecule has 0 aromatic rings. The molecule has 0 aliphatic heterocycles. The maximum Gasteiger partial charge on any atom is 0.509 e. The van der Waals surface area contributed by atoms with Crippen LogP contribution in [-0.2, 0) is 9.47 Å². The number of hydrogen-bond acceptors (Lipinski definition) is 3. The van der Waals surface area contributed by atoms with E-state index < -0.39 is 11.7 Å². The van der Waals surface area contributed by atoms with Gasteiger partial charge in [-0.3, -0.25) is 0 Å². The summed E-state index contributed by atoms with van der Waals surface area (Å²) < 4.78 is 9.52. The van der Waals surface area contributed by atoms with Gasteiger partial charge < -0.3 is 9.47 Å². The standard InChI is InChI=1S/C9H17ClO3/c1-4-5-6-12-9(11)13-8(10)7(2)3/h7-8H,4-6H2,1-3H3. The van der Waals surface area contributed by atoms with Crippen LogP contribution in [0.3, 0.4) is 0 Å². The second-order valence-corrected chi connectivity index (χ2v) is 3.60. The van der Waals surface area contributed by atoms with Gasteiger partial charge in [0.1, 0.15) is 0 Å². The average Bonchev–Trinajstić information content (AvgIpc) is 2.04. The molecule has 13 heavy (non-hydrogen) atoms. The number of alkyl halides is 1. The van der Waals surface area contributed by atoms with E-state index in [4.69, 9.17) is 21.1 Å². The monoisotopic (exact) mass is 208 g/mol. The number of rotatable bonds is 5. The molecule has 0 saturated carbocycles. The lowest BCUT2D eigenvalue weighted by atomic mass is 10.2. The molecule has 0 rings (SSSR count). The molecule has 0 radical (unpaired) electrons. The number of carbonyl (C=O) groups is 1. The molecule has 0 aromatic heterocycles. The number of carbonyl (C=O) groups excluding carboxylic acids is 1. The van der Waals surface area contributed by atoms with Crippen molar-refractivity contribution in [2.24, 2.45) is 5.92 Å². The van der Waals surface area contributed by atoms with Gasteiger partial charge in [-0.1, -0.05) is 38.8 Å². The SMILES string of the molecule is CCCCOC(=O)OC(Cl)C(C)C. The normalized spacial score (nSPS) is 12.7. The Morgan fingerprint density at radius 3 is 2.54 bits per heavy atom. The van der Waals surface area contributed by atoms with Crippen molar-refractivity contribution in [3.05, 3.63) is 0 Å². The van der Waals surface area contributed by atoms with Crippen LogP contribution in [-0.4, -0.2) is 18.3 Å². The first kappa shape index (κ1) is 12.6. The highest BCUT2D eigenvalue weighted by molar-refractivity contribution is 6.20. The van der Waals surface area contributed by atoms with Crippen LogP contribution >= 0.6 is 11.6 Å². The molecular formula is C9H17ClO3. The molecule has 0 N–H and O–H groups in total. The Balaban J connectivity index is 3.50. The highest BCUT2D eigenvalue weighted by Crippen LogP contribution is 2.11. The van der Waals surface area contributed by atoms with E-state index in [2.05, 4.69) is 0 Å². The van der Waals surface area contributed by atoms with Gasteiger partial charge in [0.25, 0.3) is 0 Å². The van der Waals surface area contributed by atoms with Crippen LogP contribution in [0.4, 0.5) is 4.79 Å². The highest BCUT2D eigenvalue weighted by atomic mass is 35.5. The first-order valence-corrected chi connectivity index (χ1v) is 4.99. The summed E-state index contributed by atoms with van der Waals surface area (Å²) in [6.45, 7) is 6.16. The van der Waals surface area contributed by atoms with E-state index in [-0.39, 0.29) is 5.92 Å². The van der Waals surface area contributed by atoms with Gasteiger partial charge in [-0.15, -0.1) is 0 Å². The van der Waals surface area contributed by atoms with Gasteiger partial charge in [-0.05, 0) is 6.42 Å². The summed E-state index contributed by atoms with van der Waals surface area (Å²) >= 11 is 5.70. The number of hydrogen-bond donors (Lipinski definition) is 0. The maximum atomic E-state index is 10.9. The second-order valence-electron chi connectivity index (χ2n) is 3.17. The van der Waals surface area contributed by atoms with Crippen LogP contribution in [0, 0.1) is 5.92 Å². The molecule has 78 valence electrons. The molecule has 0 bridgehead atoms. The largest absolute Gasteiger partial charge is 0.509 e. The van der Waals surface area contributed by atoms with Gasteiger partial charge >= 0.3 is 6.16 Å². The summed E-state index contributed by atoms with van der Waals surface area (Å²) in [5.41, 5.74) is -0.603. The zero-order valence-electron chi connectivity index (χ0n) is 8.38. The first-order valence-electron chi connectivity index (χ1n) is 4.55. The van der Waals surface area contributed by atoms with E-state index in [0.717, 1.165) is 12.8 Å². The molecule has 4 heteroatoms. The van der Waals surface area contributed by atoms with Crippen molar-refractivity contribution >= 4 is 17.8 Å². The van der Waals surface area contributed by atoms with Crippen molar-refractivity contribution in [2.75, 3.05) is 6.61 Å². The fourth-order valence-corrected chi connectivity index (χ4v) is 0.635. The van der Waals surface area contributed by atoms with Crippen molar-refractivity contribution in [2.45, 2.75) is 39.2 Å². The molecule has 1 unspecified atom stereocenters. The number of halogens is 1. The summed E-state index contributed by atoms with van der Waals surface area (Å²) in [6, 6.07) is 0. The number of unbranched alkanes of at least 4 members (excludes halogenated alkanes) is 1. The van der Waals surface area contributed by atoms with Crippen LogP contribution in [0.25, 0.3) is 0 Å². The molecule has 1 atom stereocenters. The molecular weight excluding hydrogens is 192 g/mol. The van der Waals surface area contributed by atoms with Crippen molar-refractivity contribution in [1.82, 2.24) is 0 Å². The molecule has 0 saturated heterocycles. The molecule has 0 spiro atoms. The van der Waals surface area contributed by atoms with Crippen molar-refractivity contribution in [1.29, 1.82) is 0 Å². The Labute approximate surface area is 84.4 Å². The summed E-state index contributed by atoms with van der Waals surface area (Å²) in [5.74, 6) is 0.0976. The van der Waals surface area contributed by atoms with Crippen LogP contribution in [0.15, 0.2) is 0 Å². The van der Waals surface area contributed by atoms with Crippen LogP contribution < -0.4 is 0 Å². The van der Waals surface area contributed by atoms with E-state index in [1.54, 1.807) is 0 Å². The van der Waals surface area contributed by atoms with E-state index in [1.165, 1.54) is 0 Å². The maximum absolute atomic E-state index is 10.9. The molecule has 0 aliphatic carbocycles. The Hall–Kier alpha value is -0.440. The van der Waals surface area contributed by atoms with Gasteiger partial charge in [-0.2, -0.15) is 0 Å². The molecule has 0 fully saturated rings. The van der Waals surface area contributed by atoms with Gasteiger partial charge in [0, 0.05) is 5.92 Å². The van der Waals surface area contributed by atoms with Gasteiger partial charge in [0.15, 0.2) is 5.56 Å². The Morgan fingerprint density at radius 2 is 2.08 bits per heavy atom. The Bertz CT molecular complexity index is 148. The molecule has 0 aromatic carbocycles. The lowest BCUT2D eigenvalue weighted by molar-refractivity contribution is 0.0343. The van der Waals surface area contributed by atoms with Crippen LogP contribution in [0.1, 0.15) is 33.6 Å². The summed E-state index contributed by atoms with van der Waals surface area (Å²) in [5, 5.41) is 0. The summed E-state index contributed by atoms with van der Waals surface area (Å²) in [4.78, 5) is 10.9. The minimum atomic E-state index is -0.679. The lowest BCUT2D eigenvalue weighted by Gasteiger charge is -2.13. The molecule has 0 heterocycles. The minimum absolute atomic E-state index is 0.0976. The van der Waals surface area contributed by atoms with Crippen LogP contribution in [0.5, 0.6) is 0 Å². The van der Waals surface area contributed by atoms with Gasteiger partial charge in [0.2, 0.25) is 0 Å². The third-order valence-electron chi connectivity index (χ3n) is 1.45. The van der Waals surface area contributed by atoms with Gasteiger partial charge in [-0.25, -0.2) is 4.79 Å².